The number of hydrogen-bond acceptors (Lipinski definition) is 1. The van der Waals surface area contributed by atoms with Gasteiger partial charge in [-0.15, -0.1) is 13.2 Å². The fraction of sp³-hybridized carbons (Fsp3) is 0.0417. The van der Waals surface area contributed by atoms with Crippen LogP contribution in [0.15, 0.2) is 175 Å². The molecule has 10 aromatic rings. The zero-order chi connectivity index (χ0) is 34.1. The first-order valence-electron chi connectivity index (χ1n) is 17.5. The standard InChI is InChI=1S/C48H34N2O/c1-3-10-31-16-21-44-38(26-31)37-14-8-9-15-43(37)50(44)36-20-25-48-42(30-36)41-29-34(19-24-47(41)51-48)33-18-23-46-40(28-33)39-27-32(11-4-2)17-22-45(39)49(46)35-12-6-5-7-13-35/h3-9,12-30H,1-2,10-11H2. The first-order chi connectivity index (χ1) is 25.2. The molecule has 3 nitrogen and oxygen atoms in total. The lowest BCUT2D eigenvalue weighted by molar-refractivity contribution is 0.669. The Kier molecular flexibility index (Phi) is 6.62. The van der Waals surface area contributed by atoms with Crippen LogP contribution in [-0.2, 0) is 12.8 Å². The summed E-state index contributed by atoms with van der Waals surface area (Å²) in [5, 5.41) is 7.20. The highest BCUT2D eigenvalue weighted by Gasteiger charge is 2.17. The van der Waals surface area contributed by atoms with Crippen molar-refractivity contribution >= 4 is 65.6 Å². The molecule has 0 saturated carbocycles. The van der Waals surface area contributed by atoms with E-state index in [0.29, 0.717) is 0 Å². The fourth-order valence-electron chi connectivity index (χ4n) is 8.07. The lowest BCUT2D eigenvalue weighted by Gasteiger charge is -2.09. The SMILES string of the molecule is C=CCc1ccc2c(c1)c1ccccc1n2-c1ccc2oc3ccc(-c4ccc5c(c4)c4cc(CC=C)ccc4n5-c4ccccc4)cc3c2c1. The Morgan fingerprint density at radius 3 is 1.63 bits per heavy atom. The number of allylic oxidation sites excluding steroid dienone is 2. The van der Waals surface area contributed by atoms with Crippen LogP contribution in [0.1, 0.15) is 11.1 Å². The molecule has 0 aliphatic rings. The minimum absolute atomic E-state index is 0.838. The lowest BCUT2D eigenvalue weighted by Crippen LogP contribution is -1.93. The number of benzene rings is 7. The second-order valence-electron chi connectivity index (χ2n) is 13.4. The second-order valence-corrected chi connectivity index (χ2v) is 13.4. The molecule has 7 aromatic carbocycles. The Labute approximate surface area is 295 Å². The molecular formula is C48H34N2O. The summed E-state index contributed by atoms with van der Waals surface area (Å²) in [4.78, 5) is 0. The van der Waals surface area contributed by atoms with Crippen molar-refractivity contribution in [2.24, 2.45) is 0 Å². The molecule has 3 heteroatoms. The molecule has 0 amide bonds. The molecule has 51 heavy (non-hydrogen) atoms. The minimum Gasteiger partial charge on any atom is -0.456 e. The van der Waals surface area contributed by atoms with Gasteiger partial charge >= 0.3 is 0 Å². The zero-order valence-corrected chi connectivity index (χ0v) is 28.1. The van der Waals surface area contributed by atoms with E-state index in [1.807, 2.05) is 12.2 Å². The van der Waals surface area contributed by atoms with E-state index in [1.165, 1.54) is 60.3 Å². The van der Waals surface area contributed by atoms with Gasteiger partial charge in [-0.05, 0) is 120 Å². The summed E-state index contributed by atoms with van der Waals surface area (Å²) in [6, 6.07) is 52.9. The van der Waals surface area contributed by atoms with Gasteiger partial charge in [-0.2, -0.15) is 0 Å². The molecule has 0 aliphatic heterocycles. The largest absolute Gasteiger partial charge is 0.456 e. The van der Waals surface area contributed by atoms with Crippen LogP contribution < -0.4 is 0 Å². The van der Waals surface area contributed by atoms with E-state index in [-0.39, 0.29) is 0 Å². The summed E-state index contributed by atoms with van der Waals surface area (Å²) in [7, 11) is 0. The quantitative estimate of drug-likeness (QED) is 0.157. The zero-order valence-electron chi connectivity index (χ0n) is 28.1. The first-order valence-corrected chi connectivity index (χ1v) is 17.5. The fourth-order valence-corrected chi connectivity index (χ4v) is 8.07. The van der Waals surface area contributed by atoms with E-state index in [1.54, 1.807) is 0 Å². The number of rotatable bonds is 7. The van der Waals surface area contributed by atoms with E-state index < -0.39 is 0 Å². The van der Waals surface area contributed by atoms with Gasteiger partial charge in [-0.25, -0.2) is 0 Å². The van der Waals surface area contributed by atoms with Crippen LogP contribution in [-0.4, -0.2) is 9.13 Å². The molecule has 0 spiro atoms. The maximum Gasteiger partial charge on any atom is 0.135 e. The van der Waals surface area contributed by atoms with Gasteiger partial charge in [0.05, 0.1) is 22.1 Å². The van der Waals surface area contributed by atoms with E-state index in [0.717, 1.165) is 51.7 Å². The van der Waals surface area contributed by atoms with Gasteiger partial charge in [-0.3, -0.25) is 0 Å². The normalized spacial score (nSPS) is 11.8. The van der Waals surface area contributed by atoms with Crippen LogP contribution in [0.5, 0.6) is 0 Å². The van der Waals surface area contributed by atoms with Crippen LogP contribution >= 0.6 is 0 Å². The lowest BCUT2D eigenvalue weighted by atomic mass is 10.00. The monoisotopic (exact) mass is 654 g/mol. The number of aromatic nitrogens is 2. The predicted octanol–water partition coefficient (Wildman–Crippen LogP) is 12.9. The highest BCUT2D eigenvalue weighted by Crippen LogP contribution is 2.39. The molecule has 0 bridgehead atoms. The maximum atomic E-state index is 6.42. The summed E-state index contributed by atoms with van der Waals surface area (Å²) in [5.74, 6) is 0. The van der Waals surface area contributed by atoms with Crippen LogP contribution in [0.3, 0.4) is 0 Å². The third kappa shape index (κ3) is 4.59. The number of furan rings is 1. The van der Waals surface area contributed by atoms with Crippen LogP contribution in [0.25, 0.3) is 88.1 Å². The third-order valence-electron chi connectivity index (χ3n) is 10.4. The Morgan fingerprint density at radius 2 is 0.922 bits per heavy atom. The Morgan fingerprint density at radius 1 is 0.412 bits per heavy atom. The molecular weight excluding hydrogens is 621 g/mol. The van der Waals surface area contributed by atoms with Crippen molar-refractivity contribution in [1.82, 2.24) is 9.13 Å². The van der Waals surface area contributed by atoms with Gasteiger partial charge in [0, 0.05) is 43.7 Å². The molecule has 10 rings (SSSR count). The van der Waals surface area contributed by atoms with Crippen LogP contribution in [0.4, 0.5) is 0 Å². The molecule has 3 aromatic heterocycles. The Bertz CT molecular complexity index is 3010. The molecule has 3 heterocycles. The van der Waals surface area contributed by atoms with Crippen molar-refractivity contribution in [3.8, 4) is 22.5 Å². The molecule has 0 unspecified atom stereocenters. The smallest absolute Gasteiger partial charge is 0.135 e. The topological polar surface area (TPSA) is 23.0 Å². The van der Waals surface area contributed by atoms with Gasteiger partial charge in [0.1, 0.15) is 11.2 Å². The summed E-state index contributed by atoms with van der Waals surface area (Å²) < 4.78 is 11.2. The van der Waals surface area contributed by atoms with Crippen LogP contribution in [0, 0.1) is 0 Å². The van der Waals surface area contributed by atoms with Gasteiger partial charge in [-0.1, -0.05) is 72.8 Å². The van der Waals surface area contributed by atoms with Crippen molar-refractivity contribution in [1.29, 1.82) is 0 Å². The van der Waals surface area contributed by atoms with E-state index >= 15 is 0 Å². The average Bonchev–Trinajstić information content (AvgIpc) is 3.82. The number of para-hydroxylation sites is 2. The second kappa shape index (κ2) is 11.5. The van der Waals surface area contributed by atoms with Crippen molar-refractivity contribution in [2.45, 2.75) is 12.8 Å². The van der Waals surface area contributed by atoms with Crippen molar-refractivity contribution in [3.63, 3.8) is 0 Å². The molecule has 0 fully saturated rings. The van der Waals surface area contributed by atoms with Gasteiger partial charge in [0.25, 0.3) is 0 Å². The highest BCUT2D eigenvalue weighted by atomic mass is 16.3. The summed E-state index contributed by atoms with van der Waals surface area (Å²) >= 11 is 0. The molecule has 0 atom stereocenters. The summed E-state index contributed by atoms with van der Waals surface area (Å²) in [6.45, 7) is 7.94. The van der Waals surface area contributed by atoms with Crippen molar-refractivity contribution in [2.75, 3.05) is 0 Å². The number of fused-ring (bicyclic) bond motifs is 9. The Hall–Kier alpha value is -6.58. The molecule has 0 saturated heterocycles. The van der Waals surface area contributed by atoms with Crippen LogP contribution in [0.2, 0.25) is 0 Å². The number of nitrogens with zero attached hydrogens (tertiary/aromatic N) is 2. The van der Waals surface area contributed by atoms with E-state index in [2.05, 4.69) is 168 Å². The average molecular weight is 655 g/mol. The Balaban J connectivity index is 1.15. The minimum atomic E-state index is 0.838. The molecule has 242 valence electrons. The van der Waals surface area contributed by atoms with Gasteiger partial charge in [0.15, 0.2) is 0 Å². The van der Waals surface area contributed by atoms with Gasteiger partial charge < -0.3 is 13.6 Å². The molecule has 0 radical (unpaired) electrons. The maximum absolute atomic E-state index is 6.42. The first kappa shape index (κ1) is 29.3. The number of hydrogen-bond donors (Lipinski definition) is 0. The van der Waals surface area contributed by atoms with E-state index in [9.17, 15) is 0 Å². The summed E-state index contributed by atoms with van der Waals surface area (Å²) in [5.41, 5.74) is 13.7. The van der Waals surface area contributed by atoms with Crippen molar-refractivity contribution < 1.29 is 4.42 Å². The predicted molar refractivity (Wildman–Crippen MR) is 216 cm³/mol. The third-order valence-corrected chi connectivity index (χ3v) is 10.4. The van der Waals surface area contributed by atoms with E-state index in [4.69, 9.17) is 4.42 Å². The van der Waals surface area contributed by atoms with Gasteiger partial charge in [0.2, 0.25) is 0 Å². The molecule has 0 aliphatic carbocycles. The molecule has 0 N–H and O–H groups in total. The van der Waals surface area contributed by atoms with Crippen molar-refractivity contribution in [3.05, 3.63) is 182 Å². The highest BCUT2D eigenvalue weighted by molar-refractivity contribution is 6.13. The summed E-state index contributed by atoms with van der Waals surface area (Å²) in [6.07, 6.45) is 5.63.